The van der Waals surface area contributed by atoms with Gasteiger partial charge >= 0.3 is 0 Å². The second kappa shape index (κ2) is 4.61. The SMILES string of the molecule is Cc1ccncc1Cc1cccc2ccccc12. The first kappa shape index (κ1) is 11.0. The quantitative estimate of drug-likeness (QED) is 0.648. The summed E-state index contributed by atoms with van der Waals surface area (Å²) in [4.78, 5) is 4.22. The van der Waals surface area contributed by atoms with E-state index >= 15 is 0 Å². The van der Waals surface area contributed by atoms with Crippen LogP contribution in [0.5, 0.6) is 0 Å². The number of nitrogens with zero attached hydrogens (tertiary/aromatic N) is 1. The van der Waals surface area contributed by atoms with E-state index in [9.17, 15) is 0 Å². The third-order valence-electron chi connectivity index (χ3n) is 3.41. The van der Waals surface area contributed by atoms with Crippen molar-refractivity contribution in [2.24, 2.45) is 0 Å². The van der Waals surface area contributed by atoms with Gasteiger partial charge in [0.2, 0.25) is 0 Å². The minimum Gasteiger partial charge on any atom is -0.264 e. The summed E-state index contributed by atoms with van der Waals surface area (Å²) in [5.41, 5.74) is 3.97. The van der Waals surface area contributed by atoms with Gasteiger partial charge in [-0.05, 0) is 46.9 Å². The smallest absolute Gasteiger partial charge is 0.0305 e. The molecule has 0 radical (unpaired) electrons. The van der Waals surface area contributed by atoms with Crippen LogP contribution in [0.3, 0.4) is 0 Å². The molecule has 0 aliphatic carbocycles. The maximum Gasteiger partial charge on any atom is 0.0305 e. The summed E-state index contributed by atoms with van der Waals surface area (Å²) in [6.45, 7) is 2.14. The Morgan fingerprint density at radius 1 is 0.889 bits per heavy atom. The zero-order valence-electron chi connectivity index (χ0n) is 10.4. The lowest BCUT2D eigenvalue weighted by Crippen LogP contribution is -1.93. The van der Waals surface area contributed by atoms with E-state index in [1.54, 1.807) is 0 Å². The molecule has 0 N–H and O–H groups in total. The van der Waals surface area contributed by atoms with Gasteiger partial charge in [0.05, 0.1) is 0 Å². The van der Waals surface area contributed by atoms with Crippen LogP contribution in [0.1, 0.15) is 16.7 Å². The number of rotatable bonds is 2. The fraction of sp³-hybridized carbons (Fsp3) is 0.118. The summed E-state index contributed by atoms with van der Waals surface area (Å²) in [5.74, 6) is 0. The lowest BCUT2D eigenvalue weighted by Gasteiger charge is -2.08. The number of aromatic nitrogens is 1. The first-order valence-corrected chi connectivity index (χ1v) is 6.21. The van der Waals surface area contributed by atoms with Crippen LogP contribution in [0, 0.1) is 6.92 Å². The van der Waals surface area contributed by atoms with Crippen LogP contribution in [0.25, 0.3) is 10.8 Å². The van der Waals surface area contributed by atoms with Crippen molar-refractivity contribution in [2.45, 2.75) is 13.3 Å². The Hall–Kier alpha value is -2.15. The van der Waals surface area contributed by atoms with Gasteiger partial charge < -0.3 is 0 Å². The van der Waals surface area contributed by atoms with Gasteiger partial charge in [-0.2, -0.15) is 0 Å². The highest BCUT2D eigenvalue weighted by Gasteiger charge is 2.03. The van der Waals surface area contributed by atoms with Crippen LogP contribution >= 0.6 is 0 Å². The Balaban J connectivity index is 2.08. The summed E-state index contributed by atoms with van der Waals surface area (Å²) < 4.78 is 0. The summed E-state index contributed by atoms with van der Waals surface area (Å²) in [7, 11) is 0. The highest BCUT2D eigenvalue weighted by molar-refractivity contribution is 5.85. The van der Waals surface area contributed by atoms with Gasteiger partial charge in [0, 0.05) is 12.4 Å². The first-order chi connectivity index (χ1) is 8.84. The molecule has 1 aromatic heterocycles. The van der Waals surface area contributed by atoms with Gasteiger partial charge in [-0.1, -0.05) is 42.5 Å². The van der Waals surface area contributed by atoms with Gasteiger partial charge in [-0.25, -0.2) is 0 Å². The van der Waals surface area contributed by atoms with Gasteiger partial charge in [-0.3, -0.25) is 4.98 Å². The van der Waals surface area contributed by atoms with E-state index < -0.39 is 0 Å². The maximum absolute atomic E-state index is 4.22. The third-order valence-corrected chi connectivity index (χ3v) is 3.41. The van der Waals surface area contributed by atoms with Crippen molar-refractivity contribution >= 4 is 10.8 Å². The molecule has 0 fully saturated rings. The molecule has 0 spiro atoms. The predicted octanol–water partition coefficient (Wildman–Crippen LogP) is 4.13. The second-order valence-corrected chi connectivity index (χ2v) is 4.62. The highest BCUT2D eigenvalue weighted by Crippen LogP contribution is 2.22. The molecule has 0 unspecified atom stereocenters. The van der Waals surface area contributed by atoms with Crippen molar-refractivity contribution in [1.29, 1.82) is 0 Å². The number of hydrogen-bond acceptors (Lipinski definition) is 1. The normalized spacial score (nSPS) is 10.7. The Morgan fingerprint density at radius 2 is 1.72 bits per heavy atom. The molecule has 0 saturated carbocycles. The summed E-state index contributed by atoms with van der Waals surface area (Å²) >= 11 is 0. The molecule has 0 atom stereocenters. The average molecular weight is 233 g/mol. The molecule has 18 heavy (non-hydrogen) atoms. The van der Waals surface area contributed by atoms with Crippen LogP contribution in [0.15, 0.2) is 60.9 Å². The van der Waals surface area contributed by atoms with Crippen molar-refractivity contribution in [3.8, 4) is 0 Å². The van der Waals surface area contributed by atoms with Gasteiger partial charge in [0.15, 0.2) is 0 Å². The van der Waals surface area contributed by atoms with Crippen molar-refractivity contribution < 1.29 is 0 Å². The highest BCUT2D eigenvalue weighted by atomic mass is 14.6. The van der Waals surface area contributed by atoms with E-state index in [1.165, 1.54) is 27.5 Å². The summed E-state index contributed by atoms with van der Waals surface area (Å²) in [6, 6.07) is 17.1. The second-order valence-electron chi connectivity index (χ2n) is 4.62. The number of aryl methyl sites for hydroxylation is 1. The fourth-order valence-corrected chi connectivity index (χ4v) is 2.33. The fourth-order valence-electron chi connectivity index (χ4n) is 2.33. The van der Waals surface area contributed by atoms with Crippen molar-refractivity contribution in [3.05, 3.63) is 77.6 Å². The van der Waals surface area contributed by atoms with E-state index in [0.717, 1.165) is 6.42 Å². The molecular weight excluding hydrogens is 218 g/mol. The number of benzene rings is 2. The largest absolute Gasteiger partial charge is 0.264 e. The number of pyridine rings is 1. The van der Waals surface area contributed by atoms with E-state index in [2.05, 4.69) is 60.4 Å². The number of hydrogen-bond donors (Lipinski definition) is 0. The van der Waals surface area contributed by atoms with E-state index in [0.29, 0.717) is 0 Å². The average Bonchev–Trinajstić information content (AvgIpc) is 2.42. The molecule has 3 rings (SSSR count). The molecule has 1 heterocycles. The molecular formula is C17H15N. The van der Waals surface area contributed by atoms with E-state index in [-0.39, 0.29) is 0 Å². The molecule has 1 heteroatoms. The predicted molar refractivity (Wildman–Crippen MR) is 75.7 cm³/mol. The van der Waals surface area contributed by atoms with Crippen molar-refractivity contribution in [1.82, 2.24) is 4.98 Å². The monoisotopic (exact) mass is 233 g/mol. The van der Waals surface area contributed by atoms with E-state index in [4.69, 9.17) is 0 Å². The molecule has 0 saturated heterocycles. The summed E-state index contributed by atoms with van der Waals surface area (Å²) in [6.07, 6.45) is 4.76. The standard InChI is InChI=1S/C17H15N/c1-13-9-10-18-12-16(13)11-15-7-4-6-14-5-2-3-8-17(14)15/h2-10,12H,11H2,1H3. The van der Waals surface area contributed by atoms with Crippen molar-refractivity contribution in [3.63, 3.8) is 0 Å². The minimum absolute atomic E-state index is 0.945. The molecule has 0 aliphatic rings. The molecule has 88 valence electrons. The van der Waals surface area contributed by atoms with E-state index in [1.807, 2.05) is 12.4 Å². The zero-order chi connectivity index (χ0) is 12.4. The minimum atomic E-state index is 0.945. The van der Waals surface area contributed by atoms with Crippen LogP contribution in [0.2, 0.25) is 0 Å². The Morgan fingerprint density at radius 3 is 2.61 bits per heavy atom. The van der Waals surface area contributed by atoms with Gasteiger partial charge in [0.1, 0.15) is 0 Å². The molecule has 0 bridgehead atoms. The number of fused-ring (bicyclic) bond motifs is 1. The lowest BCUT2D eigenvalue weighted by atomic mass is 9.97. The Kier molecular flexibility index (Phi) is 2.81. The molecule has 0 amide bonds. The van der Waals surface area contributed by atoms with Crippen molar-refractivity contribution in [2.75, 3.05) is 0 Å². The first-order valence-electron chi connectivity index (χ1n) is 6.21. The molecule has 3 aromatic rings. The summed E-state index contributed by atoms with van der Waals surface area (Å²) in [5, 5.41) is 2.64. The van der Waals surface area contributed by atoms with Crippen LogP contribution in [0.4, 0.5) is 0 Å². The lowest BCUT2D eigenvalue weighted by molar-refractivity contribution is 1.12. The molecule has 2 aromatic carbocycles. The van der Waals surface area contributed by atoms with Crippen LogP contribution in [-0.2, 0) is 6.42 Å². The molecule has 1 nitrogen and oxygen atoms in total. The van der Waals surface area contributed by atoms with Gasteiger partial charge in [0.25, 0.3) is 0 Å². The topological polar surface area (TPSA) is 12.9 Å². The zero-order valence-corrected chi connectivity index (χ0v) is 10.4. The molecule has 0 aliphatic heterocycles. The van der Waals surface area contributed by atoms with Crippen LogP contribution < -0.4 is 0 Å². The Labute approximate surface area is 107 Å². The Bertz CT molecular complexity index is 681. The van der Waals surface area contributed by atoms with Gasteiger partial charge in [-0.15, -0.1) is 0 Å². The third kappa shape index (κ3) is 2.00. The van der Waals surface area contributed by atoms with Crippen LogP contribution in [-0.4, -0.2) is 4.98 Å². The maximum atomic E-state index is 4.22.